The van der Waals surface area contributed by atoms with E-state index < -0.39 is 0 Å². The molecule has 0 spiro atoms. The molecular formula is C16H18BrNOS. The lowest BCUT2D eigenvalue weighted by molar-refractivity contribution is 0.0976. The molecule has 106 valence electrons. The summed E-state index contributed by atoms with van der Waals surface area (Å²) in [6.07, 6.45) is 1.51. The fraction of sp³-hybridized carbons (Fsp3) is 0.312. The Morgan fingerprint density at radius 3 is 2.65 bits per heavy atom. The summed E-state index contributed by atoms with van der Waals surface area (Å²) in [7, 11) is 2.10. The molecule has 0 N–H and O–H groups in total. The van der Waals surface area contributed by atoms with Crippen molar-refractivity contribution < 1.29 is 4.79 Å². The molecule has 1 aromatic heterocycles. The minimum Gasteiger partial charge on any atom is -0.302 e. The van der Waals surface area contributed by atoms with Gasteiger partial charge in [0.05, 0.1) is 0 Å². The van der Waals surface area contributed by atoms with E-state index in [4.69, 9.17) is 0 Å². The van der Waals surface area contributed by atoms with Crippen LogP contribution in [0.1, 0.15) is 28.8 Å². The normalized spacial score (nSPS) is 10.9. The van der Waals surface area contributed by atoms with Crippen LogP contribution in [0.2, 0.25) is 0 Å². The van der Waals surface area contributed by atoms with Gasteiger partial charge in [-0.15, -0.1) is 0 Å². The van der Waals surface area contributed by atoms with Gasteiger partial charge in [0.25, 0.3) is 0 Å². The quantitative estimate of drug-likeness (QED) is 0.679. The van der Waals surface area contributed by atoms with Gasteiger partial charge in [-0.2, -0.15) is 11.3 Å². The van der Waals surface area contributed by atoms with E-state index in [-0.39, 0.29) is 5.78 Å². The minimum atomic E-state index is 0.224. The first-order chi connectivity index (χ1) is 9.65. The van der Waals surface area contributed by atoms with Gasteiger partial charge in [0.1, 0.15) is 0 Å². The van der Waals surface area contributed by atoms with Crippen molar-refractivity contribution in [1.82, 2.24) is 4.90 Å². The van der Waals surface area contributed by atoms with Crippen molar-refractivity contribution in [3.05, 3.63) is 56.7 Å². The summed E-state index contributed by atoms with van der Waals surface area (Å²) in [5.41, 5.74) is 2.14. The first kappa shape index (κ1) is 15.4. The van der Waals surface area contributed by atoms with Crippen LogP contribution in [0.4, 0.5) is 0 Å². The Kier molecular flexibility index (Phi) is 5.95. The SMILES string of the molecule is CN(CCCC(=O)c1ccc(Br)cc1)Cc1ccsc1. The molecule has 0 fully saturated rings. The Bertz CT molecular complexity index is 536. The fourth-order valence-electron chi connectivity index (χ4n) is 2.06. The van der Waals surface area contributed by atoms with Gasteiger partial charge in [-0.3, -0.25) is 4.79 Å². The van der Waals surface area contributed by atoms with E-state index in [1.807, 2.05) is 24.3 Å². The highest BCUT2D eigenvalue weighted by Gasteiger charge is 2.07. The first-order valence-electron chi connectivity index (χ1n) is 6.63. The monoisotopic (exact) mass is 351 g/mol. The van der Waals surface area contributed by atoms with E-state index in [0.29, 0.717) is 6.42 Å². The zero-order valence-electron chi connectivity index (χ0n) is 11.5. The van der Waals surface area contributed by atoms with Crippen molar-refractivity contribution in [2.45, 2.75) is 19.4 Å². The largest absolute Gasteiger partial charge is 0.302 e. The second kappa shape index (κ2) is 7.72. The molecule has 0 aliphatic heterocycles. The van der Waals surface area contributed by atoms with Crippen molar-refractivity contribution in [3.63, 3.8) is 0 Å². The summed E-state index contributed by atoms with van der Waals surface area (Å²) >= 11 is 5.10. The van der Waals surface area contributed by atoms with Gasteiger partial charge in [0.2, 0.25) is 0 Å². The average molecular weight is 352 g/mol. The highest BCUT2D eigenvalue weighted by molar-refractivity contribution is 9.10. The molecule has 0 radical (unpaired) electrons. The van der Waals surface area contributed by atoms with Gasteiger partial charge in [0, 0.05) is 23.0 Å². The summed E-state index contributed by atoms with van der Waals surface area (Å²) in [5.74, 6) is 0.224. The van der Waals surface area contributed by atoms with E-state index in [1.165, 1.54) is 5.56 Å². The van der Waals surface area contributed by atoms with Crippen LogP contribution >= 0.6 is 27.3 Å². The number of nitrogens with zero attached hydrogens (tertiary/aromatic N) is 1. The van der Waals surface area contributed by atoms with Gasteiger partial charge in [-0.1, -0.05) is 28.1 Å². The zero-order chi connectivity index (χ0) is 14.4. The van der Waals surface area contributed by atoms with Gasteiger partial charge in [-0.25, -0.2) is 0 Å². The third kappa shape index (κ3) is 4.85. The molecule has 2 nitrogen and oxygen atoms in total. The smallest absolute Gasteiger partial charge is 0.162 e. The highest BCUT2D eigenvalue weighted by atomic mass is 79.9. The summed E-state index contributed by atoms with van der Waals surface area (Å²) in [6.45, 7) is 1.90. The number of hydrogen-bond acceptors (Lipinski definition) is 3. The van der Waals surface area contributed by atoms with Crippen LogP contribution in [0, 0.1) is 0 Å². The van der Waals surface area contributed by atoms with Crippen molar-refractivity contribution in [2.75, 3.05) is 13.6 Å². The van der Waals surface area contributed by atoms with Crippen LogP contribution in [-0.2, 0) is 6.54 Å². The van der Waals surface area contributed by atoms with Gasteiger partial charge in [-0.05, 0) is 54.5 Å². The van der Waals surface area contributed by atoms with E-state index >= 15 is 0 Å². The van der Waals surface area contributed by atoms with Crippen LogP contribution in [0.5, 0.6) is 0 Å². The molecule has 0 atom stereocenters. The predicted octanol–water partition coefficient (Wildman–Crippen LogP) is 4.61. The minimum absolute atomic E-state index is 0.224. The van der Waals surface area contributed by atoms with Crippen LogP contribution in [-0.4, -0.2) is 24.3 Å². The Morgan fingerprint density at radius 2 is 2.00 bits per heavy atom. The zero-order valence-corrected chi connectivity index (χ0v) is 13.9. The third-order valence-electron chi connectivity index (χ3n) is 3.14. The summed E-state index contributed by atoms with van der Waals surface area (Å²) in [6, 6.07) is 9.73. The molecule has 0 aliphatic rings. The van der Waals surface area contributed by atoms with Gasteiger partial charge in [0.15, 0.2) is 5.78 Å². The summed E-state index contributed by atoms with van der Waals surface area (Å²) in [4.78, 5) is 14.3. The van der Waals surface area contributed by atoms with Gasteiger partial charge < -0.3 is 4.90 Å². The lowest BCUT2D eigenvalue weighted by atomic mass is 10.1. The van der Waals surface area contributed by atoms with Crippen molar-refractivity contribution in [2.24, 2.45) is 0 Å². The Hall–Kier alpha value is -0.970. The highest BCUT2D eigenvalue weighted by Crippen LogP contribution is 2.13. The molecule has 0 amide bonds. The number of carbonyl (C=O) groups excluding carboxylic acids is 1. The lowest BCUT2D eigenvalue weighted by Gasteiger charge is -2.15. The van der Waals surface area contributed by atoms with Crippen molar-refractivity contribution in [1.29, 1.82) is 0 Å². The Morgan fingerprint density at radius 1 is 1.25 bits per heavy atom. The molecule has 0 bridgehead atoms. The number of hydrogen-bond donors (Lipinski definition) is 0. The first-order valence-corrected chi connectivity index (χ1v) is 8.37. The Labute approximate surface area is 132 Å². The topological polar surface area (TPSA) is 20.3 Å². The van der Waals surface area contributed by atoms with E-state index in [2.05, 4.69) is 44.7 Å². The number of carbonyl (C=O) groups is 1. The molecule has 2 rings (SSSR count). The standard InChI is InChI=1S/C16H18BrNOS/c1-18(11-13-8-10-20-12-13)9-2-3-16(19)14-4-6-15(17)7-5-14/h4-8,10,12H,2-3,9,11H2,1H3. The van der Waals surface area contributed by atoms with E-state index in [0.717, 1.165) is 29.5 Å². The van der Waals surface area contributed by atoms with Crippen molar-refractivity contribution in [3.8, 4) is 0 Å². The molecular weight excluding hydrogens is 334 g/mol. The number of rotatable bonds is 7. The molecule has 1 heterocycles. The summed E-state index contributed by atoms with van der Waals surface area (Å²) in [5, 5.41) is 4.27. The molecule has 0 aliphatic carbocycles. The average Bonchev–Trinajstić information content (AvgIpc) is 2.92. The second-order valence-corrected chi connectivity index (χ2v) is 6.60. The fourth-order valence-corrected chi connectivity index (χ4v) is 2.99. The molecule has 0 unspecified atom stereocenters. The molecule has 4 heteroatoms. The molecule has 0 saturated carbocycles. The Balaban J connectivity index is 1.72. The molecule has 1 aromatic carbocycles. The molecule has 2 aromatic rings. The number of halogens is 1. The van der Waals surface area contributed by atoms with E-state index in [1.54, 1.807) is 11.3 Å². The number of Topliss-reactive ketones (excluding diaryl/α,β-unsaturated/α-hetero) is 1. The third-order valence-corrected chi connectivity index (χ3v) is 4.40. The van der Waals surface area contributed by atoms with Crippen LogP contribution in [0.25, 0.3) is 0 Å². The maximum Gasteiger partial charge on any atom is 0.162 e. The second-order valence-electron chi connectivity index (χ2n) is 4.90. The predicted molar refractivity (Wildman–Crippen MR) is 88.4 cm³/mol. The van der Waals surface area contributed by atoms with Crippen LogP contribution in [0.15, 0.2) is 45.6 Å². The molecule has 20 heavy (non-hydrogen) atoms. The number of ketones is 1. The van der Waals surface area contributed by atoms with E-state index in [9.17, 15) is 4.79 Å². The molecule has 0 saturated heterocycles. The maximum absolute atomic E-state index is 12.0. The maximum atomic E-state index is 12.0. The number of thiophene rings is 1. The van der Waals surface area contributed by atoms with Crippen molar-refractivity contribution >= 4 is 33.0 Å². The van der Waals surface area contributed by atoms with Crippen LogP contribution < -0.4 is 0 Å². The number of benzene rings is 1. The summed E-state index contributed by atoms with van der Waals surface area (Å²) < 4.78 is 1.00. The van der Waals surface area contributed by atoms with Crippen LogP contribution in [0.3, 0.4) is 0 Å². The lowest BCUT2D eigenvalue weighted by Crippen LogP contribution is -2.19. The van der Waals surface area contributed by atoms with Gasteiger partial charge >= 0.3 is 0 Å².